The second kappa shape index (κ2) is 8.67. The van der Waals surface area contributed by atoms with Gasteiger partial charge in [-0.2, -0.15) is 0 Å². The highest BCUT2D eigenvalue weighted by Crippen LogP contribution is 2.20. The van der Waals surface area contributed by atoms with Gasteiger partial charge in [0, 0.05) is 11.4 Å². The number of thiophene rings is 1. The first kappa shape index (κ1) is 19.0. The zero-order valence-electron chi connectivity index (χ0n) is 14.7. The number of nitrogens with one attached hydrogen (secondary N) is 1. The van der Waals surface area contributed by atoms with Gasteiger partial charge in [-0.3, -0.25) is 9.59 Å². The SMILES string of the molecule is CCOc1ccc(CC(CNC(=O)c2cc(C)c(C)s2)C(=O)O)cc1. The van der Waals surface area contributed by atoms with Crippen LogP contribution < -0.4 is 10.1 Å². The normalized spacial score (nSPS) is 11.8. The summed E-state index contributed by atoms with van der Waals surface area (Å²) in [5.41, 5.74) is 1.97. The maximum absolute atomic E-state index is 12.2. The van der Waals surface area contributed by atoms with Crippen molar-refractivity contribution in [2.45, 2.75) is 27.2 Å². The Kier molecular flexibility index (Phi) is 6.58. The number of carboxylic acids is 1. The van der Waals surface area contributed by atoms with Gasteiger partial charge in [0.2, 0.25) is 0 Å². The molecule has 1 heterocycles. The molecule has 6 heteroatoms. The van der Waals surface area contributed by atoms with Crippen LogP contribution in [0.5, 0.6) is 5.75 Å². The van der Waals surface area contributed by atoms with E-state index >= 15 is 0 Å². The lowest BCUT2D eigenvalue weighted by atomic mass is 9.99. The highest BCUT2D eigenvalue weighted by atomic mass is 32.1. The number of carbonyl (C=O) groups excluding carboxylic acids is 1. The topological polar surface area (TPSA) is 75.6 Å². The van der Waals surface area contributed by atoms with E-state index in [1.54, 1.807) is 0 Å². The molecule has 0 radical (unpaired) electrons. The Morgan fingerprint density at radius 3 is 2.44 bits per heavy atom. The van der Waals surface area contributed by atoms with Crippen molar-refractivity contribution in [1.29, 1.82) is 0 Å². The second-order valence-electron chi connectivity index (χ2n) is 5.88. The fourth-order valence-corrected chi connectivity index (χ4v) is 3.36. The molecule has 1 amide bonds. The van der Waals surface area contributed by atoms with E-state index in [0.29, 0.717) is 17.9 Å². The largest absolute Gasteiger partial charge is 0.494 e. The number of carbonyl (C=O) groups is 2. The predicted octanol–water partition coefficient (Wildman–Crippen LogP) is 3.44. The molecule has 5 nitrogen and oxygen atoms in total. The molecule has 2 rings (SSSR count). The van der Waals surface area contributed by atoms with Gasteiger partial charge in [-0.05, 0) is 56.5 Å². The first-order valence-electron chi connectivity index (χ1n) is 8.20. The van der Waals surface area contributed by atoms with E-state index in [4.69, 9.17) is 4.74 Å². The van der Waals surface area contributed by atoms with Crippen LogP contribution >= 0.6 is 11.3 Å². The molecule has 0 saturated carbocycles. The van der Waals surface area contributed by atoms with Crippen LogP contribution in [0, 0.1) is 19.8 Å². The molecule has 134 valence electrons. The van der Waals surface area contributed by atoms with Crippen LogP contribution in [-0.2, 0) is 11.2 Å². The predicted molar refractivity (Wildman–Crippen MR) is 98.6 cm³/mol. The van der Waals surface area contributed by atoms with E-state index in [-0.39, 0.29) is 12.5 Å². The van der Waals surface area contributed by atoms with Crippen LogP contribution in [-0.4, -0.2) is 30.1 Å². The van der Waals surface area contributed by atoms with E-state index < -0.39 is 11.9 Å². The Morgan fingerprint density at radius 1 is 1.24 bits per heavy atom. The Morgan fingerprint density at radius 2 is 1.92 bits per heavy atom. The van der Waals surface area contributed by atoms with E-state index in [2.05, 4.69) is 5.32 Å². The summed E-state index contributed by atoms with van der Waals surface area (Å²) in [7, 11) is 0. The minimum absolute atomic E-state index is 0.0946. The van der Waals surface area contributed by atoms with Gasteiger partial charge in [0.25, 0.3) is 5.91 Å². The third kappa shape index (κ3) is 5.32. The van der Waals surface area contributed by atoms with Gasteiger partial charge in [0.05, 0.1) is 17.4 Å². The molecule has 1 atom stereocenters. The van der Waals surface area contributed by atoms with Crippen LogP contribution in [0.3, 0.4) is 0 Å². The van der Waals surface area contributed by atoms with Gasteiger partial charge in [0.1, 0.15) is 5.75 Å². The standard InChI is InChI=1S/C19H23NO4S/c1-4-24-16-7-5-14(6-8-16)10-15(19(22)23)11-20-18(21)17-9-12(2)13(3)25-17/h5-9,15H,4,10-11H2,1-3H3,(H,20,21)(H,22,23). The minimum atomic E-state index is -0.923. The van der Waals surface area contributed by atoms with Crippen LogP contribution in [0.1, 0.15) is 32.6 Å². The van der Waals surface area contributed by atoms with Crippen molar-refractivity contribution < 1.29 is 19.4 Å². The minimum Gasteiger partial charge on any atom is -0.494 e. The lowest BCUT2D eigenvalue weighted by Crippen LogP contribution is -2.33. The Balaban J connectivity index is 1.96. The molecule has 0 saturated heterocycles. The Labute approximate surface area is 151 Å². The van der Waals surface area contributed by atoms with Gasteiger partial charge in [-0.15, -0.1) is 11.3 Å². The molecule has 1 unspecified atom stereocenters. The average Bonchev–Trinajstić information content (AvgIpc) is 2.92. The smallest absolute Gasteiger partial charge is 0.308 e. The summed E-state index contributed by atoms with van der Waals surface area (Å²) in [6, 6.07) is 9.20. The molecule has 25 heavy (non-hydrogen) atoms. The zero-order chi connectivity index (χ0) is 18.4. The van der Waals surface area contributed by atoms with Crippen LogP contribution in [0.15, 0.2) is 30.3 Å². The number of amides is 1. The summed E-state index contributed by atoms with van der Waals surface area (Å²) in [5, 5.41) is 12.2. The monoisotopic (exact) mass is 361 g/mol. The van der Waals surface area contributed by atoms with Crippen molar-refractivity contribution in [2.75, 3.05) is 13.2 Å². The van der Waals surface area contributed by atoms with Gasteiger partial charge in [0.15, 0.2) is 0 Å². The van der Waals surface area contributed by atoms with Gasteiger partial charge in [-0.1, -0.05) is 12.1 Å². The van der Waals surface area contributed by atoms with Crippen LogP contribution in [0.2, 0.25) is 0 Å². The number of carboxylic acid groups (broad SMARTS) is 1. The molecule has 1 aromatic heterocycles. The van der Waals surface area contributed by atoms with Gasteiger partial charge >= 0.3 is 5.97 Å². The van der Waals surface area contributed by atoms with Crippen molar-refractivity contribution in [2.24, 2.45) is 5.92 Å². The first-order chi connectivity index (χ1) is 11.9. The summed E-state index contributed by atoms with van der Waals surface area (Å²) in [4.78, 5) is 25.4. The summed E-state index contributed by atoms with van der Waals surface area (Å²) in [5.74, 6) is -1.06. The maximum atomic E-state index is 12.2. The van der Waals surface area contributed by atoms with E-state index in [1.807, 2.05) is 51.1 Å². The number of ether oxygens (including phenoxy) is 1. The van der Waals surface area contributed by atoms with Crippen LogP contribution in [0.25, 0.3) is 0 Å². The number of hydrogen-bond donors (Lipinski definition) is 2. The summed E-state index contributed by atoms with van der Waals surface area (Å²) in [6.45, 7) is 6.51. The number of hydrogen-bond acceptors (Lipinski definition) is 4. The number of aryl methyl sites for hydroxylation is 2. The Hall–Kier alpha value is -2.34. The Bertz CT molecular complexity index is 717. The van der Waals surface area contributed by atoms with Crippen molar-refractivity contribution in [3.05, 3.63) is 51.2 Å². The number of benzene rings is 1. The molecule has 0 aliphatic rings. The van der Waals surface area contributed by atoms with E-state index in [9.17, 15) is 14.7 Å². The summed E-state index contributed by atoms with van der Waals surface area (Å²) in [6.07, 6.45) is 0.352. The molecular formula is C19H23NO4S. The molecule has 2 aromatic rings. The quantitative estimate of drug-likeness (QED) is 0.755. The van der Waals surface area contributed by atoms with Crippen molar-refractivity contribution >= 4 is 23.2 Å². The highest BCUT2D eigenvalue weighted by molar-refractivity contribution is 7.14. The third-order valence-electron chi connectivity index (χ3n) is 3.96. The molecular weight excluding hydrogens is 338 g/mol. The second-order valence-corrected chi connectivity index (χ2v) is 7.13. The molecule has 0 bridgehead atoms. The molecule has 0 aliphatic heterocycles. The average molecular weight is 361 g/mol. The van der Waals surface area contributed by atoms with Gasteiger partial charge in [-0.25, -0.2) is 0 Å². The van der Waals surface area contributed by atoms with Crippen LogP contribution in [0.4, 0.5) is 0 Å². The van der Waals surface area contributed by atoms with Crippen molar-refractivity contribution in [3.63, 3.8) is 0 Å². The number of aliphatic carboxylic acids is 1. The molecule has 0 spiro atoms. The fraction of sp³-hybridized carbons (Fsp3) is 0.368. The van der Waals surface area contributed by atoms with Crippen molar-refractivity contribution in [3.8, 4) is 5.75 Å². The molecule has 2 N–H and O–H groups in total. The first-order valence-corrected chi connectivity index (χ1v) is 9.02. The summed E-state index contributed by atoms with van der Waals surface area (Å²) < 4.78 is 5.38. The van der Waals surface area contributed by atoms with Crippen molar-refractivity contribution in [1.82, 2.24) is 5.32 Å². The fourth-order valence-electron chi connectivity index (χ4n) is 2.41. The molecule has 0 aliphatic carbocycles. The third-order valence-corrected chi connectivity index (χ3v) is 5.12. The molecule has 1 aromatic carbocycles. The van der Waals surface area contributed by atoms with Gasteiger partial charge < -0.3 is 15.2 Å². The zero-order valence-corrected chi connectivity index (χ0v) is 15.5. The summed E-state index contributed by atoms with van der Waals surface area (Å²) >= 11 is 1.42. The van der Waals surface area contributed by atoms with E-state index in [1.165, 1.54) is 11.3 Å². The number of rotatable bonds is 8. The van der Waals surface area contributed by atoms with E-state index in [0.717, 1.165) is 21.8 Å². The highest BCUT2D eigenvalue weighted by Gasteiger charge is 2.20. The lowest BCUT2D eigenvalue weighted by Gasteiger charge is -2.13. The lowest BCUT2D eigenvalue weighted by molar-refractivity contribution is -0.141. The maximum Gasteiger partial charge on any atom is 0.308 e. The molecule has 0 fully saturated rings.